The van der Waals surface area contributed by atoms with Crippen molar-refractivity contribution in [2.24, 2.45) is 0 Å². The second kappa shape index (κ2) is 5.88. The van der Waals surface area contributed by atoms with Gasteiger partial charge in [-0.25, -0.2) is 4.98 Å². The fourth-order valence-electron chi connectivity index (χ4n) is 2.86. The van der Waals surface area contributed by atoms with Gasteiger partial charge >= 0.3 is 0 Å². The van der Waals surface area contributed by atoms with E-state index >= 15 is 0 Å². The number of hydrogen-bond donors (Lipinski definition) is 1. The number of nitrogens with one attached hydrogen (secondary N) is 1. The van der Waals surface area contributed by atoms with Gasteiger partial charge in [0.1, 0.15) is 5.82 Å². The van der Waals surface area contributed by atoms with Crippen LogP contribution in [-0.4, -0.2) is 30.7 Å². The van der Waals surface area contributed by atoms with Crippen LogP contribution in [0.5, 0.6) is 0 Å². The first-order chi connectivity index (χ1) is 9.38. The van der Waals surface area contributed by atoms with E-state index in [1.54, 1.807) is 11.3 Å². The Balaban J connectivity index is 1.87. The van der Waals surface area contributed by atoms with Crippen LogP contribution in [0.15, 0.2) is 23.7 Å². The maximum Gasteiger partial charge on any atom is 0.137 e. The van der Waals surface area contributed by atoms with Gasteiger partial charge in [0.2, 0.25) is 0 Å². The Morgan fingerprint density at radius 1 is 1.47 bits per heavy atom. The molecule has 0 radical (unpaired) electrons. The molecule has 19 heavy (non-hydrogen) atoms. The number of thiophene rings is 1. The largest absolute Gasteiger partial charge is 0.355 e. The first-order valence-electron chi connectivity index (χ1n) is 7.19. The summed E-state index contributed by atoms with van der Waals surface area (Å²) in [6, 6.07) is 4.94. The van der Waals surface area contributed by atoms with Gasteiger partial charge in [-0.05, 0) is 43.3 Å². The molecule has 1 fully saturated rings. The molecule has 2 aromatic heterocycles. The van der Waals surface area contributed by atoms with Crippen LogP contribution in [0, 0.1) is 0 Å². The highest BCUT2D eigenvalue weighted by Gasteiger charge is 2.19. The van der Waals surface area contributed by atoms with Crippen LogP contribution in [0.1, 0.15) is 26.2 Å². The molecule has 0 spiro atoms. The van der Waals surface area contributed by atoms with E-state index in [2.05, 4.69) is 39.6 Å². The molecule has 0 aliphatic carbocycles. The molecule has 1 unspecified atom stereocenters. The van der Waals surface area contributed by atoms with Crippen molar-refractivity contribution in [1.29, 1.82) is 0 Å². The first kappa shape index (κ1) is 12.9. The van der Waals surface area contributed by atoms with Gasteiger partial charge < -0.3 is 10.2 Å². The predicted molar refractivity (Wildman–Crippen MR) is 83.1 cm³/mol. The molecular formula is C15H21N3S. The summed E-state index contributed by atoms with van der Waals surface area (Å²) in [5.74, 6) is 1.16. The van der Waals surface area contributed by atoms with Crippen molar-refractivity contribution in [3.05, 3.63) is 23.7 Å². The highest BCUT2D eigenvalue weighted by Crippen LogP contribution is 2.29. The highest BCUT2D eigenvalue weighted by atomic mass is 32.1. The highest BCUT2D eigenvalue weighted by molar-refractivity contribution is 7.17. The normalized spacial score (nSPS) is 19.1. The standard InChI is InChI=1S/C15H21N3S/c1-2-9-18(11-12-4-3-7-16-12)15-13-6-10-19-14(13)5-8-17-15/h5-6,8,10,12,16H,2-4,7,9,11H2,1H3. The predicted octanol–water partition coefficient (Wildman–Crippen LogP) is 3.26. The SMILES string of the molecule is CCCN(CC1CCCN1)c1nccc2sccc12. The Bertz CT molecular complexity index is 531. The van der Waals surface area contributed by atoms with E-state index in [-0.39, 0.29) is 0 Å². The van der Waals surface area contributed by atoms with E-state index in [1.807, 2.05) is 6.20 Å². The fourth-order valence-corrected chi connectivity index (χ4v) is 3.64. The molecule has 4 heteroatoms. The van der Waals surface area contributed by atoms with Crippen molar-refractivity contribution in [1.82, 2.24) is 10.3 Å². The third-order valence-electron chi connectivity index (χ3n) is 3.76. The average Bonchev–Trinajstić information content (AvgIpc) is 3.08. The van der Waals surface area contributed by atoms with Crippen LogP contribution in [0.4, 0.5) is 5.82 Å². The summed E-state index contributed by atoms with van der Waals surface area (Å²) >= 11 is 1.80. The van der Waals surface area contributed by atoms with Gasteiger partial charge in [-0.1, -0.05) is 6.92 Å². The van der Waals surface area contributed by atoms with Gasteiger partial charge in [-0.15, -0.1) is 11.3 Å². The number of anilines is 1. The van der Waals surface area contributed by atoms with Gasteiger partial charge in [-0.2, -0.15) is 0 Å². The second-order valence-corrected chi connectivity index (χ2v) is 6.15. The van der Waals surface area contributed by atoms with Crippen LogP contribution < -0.4 is 10.2 Å². The Labute approximate surface area is 118 Å². The molecule has 3 nitrogen and oxygen atoms in total. The van der Waals surface area contributed by atoms with Crippen LogP contribution >= 0.6 is 11.3 Å². The second-order valence-electron chi connectivity index (χ2n) is 5.21. The van der Waals surface area contributed by atoms with Gasteiger partial charge in [0, 0.05) is 35.4 Å². The van der Waals surface area contributed by atoms with Crippen LogP contribution in [-0.2, 0) is 0 Å². The quantitative estimate of drug-likeness (QED) is 0.908. The number of hydrogen-bond acceptors (Lipinski definition) is 4. The minimum absolute atomic E-state index is 0.627. The van der Waals surface area contributed by atoms with Gasteiger partial charge in [0.15, 0.2) is 0 Å². The molecule has 0 amide bonds. The van der Waals surface area contributed by atoms with Crippen LogP contribution in [0.25, 0.3) is 10.1 Å². The molecule has 0 saturated carbocycles. The zero-order valence-electron chi connectivity index (χ0n) is 11.4. The number of fused-ring (bicyclic) bond motifs is 1. The van der Waals surface area contributed by atoms with Crippen molar-refractivity contribution in [3.8, 4) is 0 Å². The van der Waals surface area contributed by atoms with Gasteiger partial charge in [0.25, 0.3) is 0 Å². The molecule has 2 aromatic rings. The van der Waals surface area contributed by atoms with E-state index in [0.29, 0.717) is 6.04 Å². The fraction of sp³-hybridized carbons (Fsp3) is 0.533. The third kappa shape index (κ3) is 2.74. The molecule has 1 atom stereocenters. The zero-order valence-corrected chi connectivity index (χ0v) is 12.2. The molecule has 1 aliphatic rings. The Kier molecular flexibility index (Phi) is 3.99. The van der Waals surface area contributed by atoms with Gasteiger partial charge in [-0.3, -0.25) is 0 Å². The summed E-state index contributed by atoms with van der Waals surface area (Å²) in [5.41, 5.74) is 0. The number of rotatable bonds is 5. The lowest BCUT2D eigenvalue weighted by Gasteiger charge is -2.27. The van der Waals surface area contributed by atoms with Gasteiger partial charge in [0.05, 0.1) is 0 Å². The average molecular weight is 275 g/mol. The van der Waals surface area contributed by atoms with E-state index in [4.69, 9.17) is 0 Å². The maximum absolute atomic E-state index is 4.64. The van der Waals surface area contributed by atoms with E-state index < -0.39 is 0 Å². The molecule has 3 rings (SSSR count). The lowest BCUT2D eigenvalue weighted by molar-refractivity contribution is 0.576. The van der Waals surface area contributed by atoms with Crippen LogP contribution in [0.3, 0.4) is 0 Å². The van der Waals surface area contributed by atoms with Crippen LogP contribution in [0.2, 0.25) is 0 Å². The molecule has 102 valence electrons. The summed E-state index contributed by atoms with van der Waals surface area (Å²) in [5, 5.41) is 7.06. The topological polar surface area (TPSA) is 28.2 Å². The number of nitrogens with zero attached hydrogens (tertiary/aromatic N) is 2. The Morgan fingerprint density at radius 3 is 3.21 bits per heavy atom. The van der Waals surface area contributed by atoms with Crippen molar-refractivity contribution in [2.45, 2.75) is 32.2 Å². The summed E-state index contributed by atoms with van der Waals surface area (Å²) in [4.78, 5) is 7.10. The molecule has 0 bridgehead atoms. The Morgan fingerprint density at radius 2 is 2.42 bits per heavy atom. The molecular weight excluding hydrogens is 254 g/mol. The maximum atomic E-state index is 4.64. The van der Waals surface area contributed by atoms with Crippen molar-refractivity contribution >= 4 is 27.2 Å². The molecule has 1 saturated heterocycles. The lowest BCUT2D eigenvalue weighted by Crippen LogP contribution is -2.38. The van der Waals surface area contributed by atoms with E-state index in [1.165, 1.54) is 29.5 Å². The summed E-state index contributed by atoms with van der Waals surface area (Å²) in [7, 11) is 0. The molecule has 3 heterocycles. The zero-order chi connectivity index (χ0) is 13.1. The summed E-state index contributed by atoms with van der Waals surface area (Å²) in [6.45, 7) is 5.57. The number of aromatic nitrogens is 1. The van der Waals surface area contributed by atoms with Crippen molar-refractivity contribution in [3.63, 3.8) is 0 Å². The summed E-state index contributed by atoms with van der Waals surface area (Å²) < 4.78 is 1.34. The third-order valence-corrected chi connectivity index (χ3v) is 4.64. The lowest BCUT2D eigenvalue weighted by atomic mass is 10.2. The van der Waals surface area contributed by atoms with Crippen molar-refractivity contribution in [2.75, 3.05) is 24.5 Å². The minimum Gasteiger partial charge on any atom is -0.355 e. The smallest absolute Gasteiger partial charge is 0.137 e. The molecule has 0 aromatic carbocycles. The van der Waals surface area contributed by atoms with E-state index in [0.717, 1.165) is 25.3 Å². The first-order valence-corrected chi connectivity index (χ1v) is 8.07. The summed E-state index contributed by atoms with van der Waals surface area (Å²) in [6.07, 6.45) is 5.70. The monoisotopic (exact) mass is 275 g/mol. The minimum atomic E-state index is 0.627. The van der Waals surface area contributed by atoms with Crippen molar-refractivity contribution < 1.29 is 0 Å². The Hall–Kier alpha value is -1.13. The van der Waals surface area contributed by atoms with E-state index in [9.17, 15) is 0 Å². The number of pyridine rings is 1. The molecule has 1 aliphatic heterocycles. The molecule has 1 N–H and O–H groups in total.